The van der Waals surface area contributed by atoms with Gasteiger partial charge in [0.05, 0.1) is 0 Å². The quantitative estimate of drug-likeness (QED) is 0.0727. The highest BCUT2D eigenvalue weighted by molar-refractivity contribution is 6.02. The summed E-state index contributed by atoms with van der Waals surface area (Å²) >= 11 is 0. The topological polar surface area (TPSA) is 214 Å². The molecule has 5 N–H and O–H groups in total. The van der Waals surface area contributed by atoms with Crippen molar-refractivity contribution in [1.82, 2.24) is 69.7 Å². The van der Waals surface area contributed by atoms with Gasteiger partial charge in [-0.2, -0.15) is 0 Å². The molecule has 2 aliphatic rings. The van der Waals surface area contributed by atoms with Gasteiger partial charge in [0.15, 0.2) is 34.8 Å². The number of amides is 2. The average Bonchev–Trinajstić information content (AvgIpc) is 4.00. The van der Waals surface area contributed by atoms with Crippen LogP contribution in [0.2, 0.25) is 0 Å². The van der Waals surface area contributed by atoms with Crippen LogP contribution in [0.5, 0.6) is 23.3 Å². The number of piperazine rings is 2. The fourth-order valence-electron chi connectivity index (χ4n) is 8.68. The summed E-state index contributed by atoms with van der Waals surface area (Å²) < 4.78 is 42.1. The maximum Gasteiger partial charge on any atom is 0.262 e. The van der Waals surface area contributed by atoms with Crippen LogP contribution in [0.15, 0.2) is 85.7 Å². The molecule has 2 fully saturated rings. The average molecular weight is 1020 g/mol. The molecule has 6 aromatic heterocycles. The first-order valence-electron chi connectivity index (χ1n) is 24.5. The van der Waals surface area contributed by atoms with Gasteiger partial charge in [-0.05, 0) is 80.6 Å². The Morgan fingerprint density at radius 1 is 0.600 bits per heavy atom. The number of aryl methyl sites for hydroxylation is 2. The Kier molecular flexibility index (Phi) is 15.8. The number of anilines is 4. The number of hydrogen-bond donors (Lipinski definition) is 5. The van der Waals surface area contributed by atoms with E-state index in [1.54, 1.807) is 58.7 Å². The second-order valence-electron chi connectivity index (χ2n) is 18.9. The molecule has 0 aliphatic carbocycles. The third kappa shape index (κ3) is 12.3. The molecule has 2 aliphatic heterocycles. The highest BCUT2D eigenvalue weighted by atomic mass is 19.1. The van der Waals surface area contributed by atoms with E-state index in [2.05, 4.69) is 77.6 Å². The summed E-state index contributed by atoms with van der Waals surface area (Å²) in [4.78, 5) is 68.3. The number of pyridine rings is 2. The van der Waals surface area contributed by atoms with Crippen LogP contribution < -0.4 is 25.4 Å². The van der Waals surface area contributed by atoms with Crippen molar-refractivity contribution < 1.29 is 27.8 Å². The lowest BCUT2D eigenvalue weighted by Crippen LogP contribution is -2.43. The van der Waals surface area contributed by atoms with E-state index in [1.807, 2.05) is 44.3 Å². The van der Waals surface area contributed by atoms with E-state index in [9.17, 15) is 9.59 Å². The van der Waals surface area contributed by atoms with Crippen LogP contribution in [0.25, 0.3) is 21.8 Å². The van der Waals surface area contributed by atoms with E-state index in [-0.39, 0.29) is 46.0 Å². The van der Waals surface area contributed by atoms with Gasteiger partial charge in [-0.1, -0.05) is 12.1 Å². The smallest absolute Gasteiger partial charge is 0.262 e. The number of nitrogens with one attached hydrogen (secondary N) is 5. The zero-order chi connectivity index (χ0) is 52.8. The van der Waals surface area contributed by atoms with E-state index in [0.717, 1.165) is 88.0 Å². The molecule has 0 atom stereocenters. The highest BCUT2D eigenvalue weighted by Gasteiger charge is 2.27. The van der Waals surface area contributed by atoms with Crippen molar-refractivity contribution in [2.75, 3.05) is 98.2 Å². The lowest BCUT2D eigenvalue weighted by molar-refractivity contribution is 0.0817. The van der Waals surface area contributed by atoms with Crippen LogP contribution in [0.3, 0.4) is 0 Å². The van der Waals surface area contributed by atoms with Crippen LogP contribution in [-0.4, -0.2) is 164 Å². The molecule has 2 saturated heterocycles. The van der Waals surface area contributed by atoms with Crippen molar-refractivity contribution in [2.24, 2.45) is 0 Å². The molecule has 2 amide bonds. The molecule has 0 bridgehead atoms. The van der Waals surface area contributed by atoms with E-state index in [4.69, 9.17) is 9.47 Å². The van der Waals surface area contributed by atoms with Crippen molar-refractivity contribution in [2.45, 2.75) is 26.9 Å². The number of hydrogen-bond acceptors (Lipinski definition) is 16. The molecule has 2 aromatic carbocycles. The van der Waals surface area contributed by atoms with E-state index in [1.165, 1.54) is 34.6 Å². The summed E-state index contributed by atoms with van der Waals surface area (Å²) in [5, 5.41) is 10.4. The van der Waals surface area contributed by atoms with Crippen molar-refractivity contribution >= 4 is 56.9 Å². The number of carbonyl (C=O) groups is 2. The highest BCUT2D eigenvalue weighted by Crippen LogP contribution is 2.36. The Balaban J connectivity index is 0.000000184. The zero-order valence-electron chi connectivity index (χ0n) is 43.0. The molecule has 8 aromatic rings. The molecule has 0 unspecified atom stereocenters. The molecule has 8 heterocycles. The fourth-order valence-corrected chi connectivity index (χ4v) is 8.68. The summed E-state index contributed by atoms with van der Waals surface area (Å²) in [7, 11) is 8.59. The summed E-state index contributed by atoms with van der Waals surface area (Å²) in [6.45, 7) is 13.5. The first-order valence-corrected chi connectivity index (χ1v) is 24.5. The van der Waals surface area contributed by atoms with Gasteiger partial charge in [0.25, 0.3) is 11.8 Å². The number of aromatic amines is 2. The van der Waals surface area contributed by atoms with Gasteiger partial charge < -0.3 is 50.1 Å². The number of fused-ring (bicyclic) bond motifs is 2. The maximum absolute atomic E-state index is 15.2. The van der Waals surface area contributed by atoms with E-state index < -0.39 is 23.4 Å². The summed E-state index contributed by atoms with van der Waals surface area (Å²) in [6, 6.07) is 17.5. The number of likely N-dealkylation sites (N-methyl/N-ethyl adjacent to an activating group) is 1. The molecule has 20 nitrogen and oxygen atoms in total. The predicted molar refractivity (Wildman–Crippen MR) is 282 cm³/mol. The number of nitrogens with zero attached hydrogens (tertiary/aromatic N) is 11. The molecular weight excluding hydrogens is 963 g/mol. The van der Waals surface area contributed by atoms with Crippen LogP contribution in [0, 0.1) is 25.5 Å². The van der Waals surface area contributed by atoms with Crippen molar-refractivity contribution in [3.8, 4) is 23.3 Å². The van der Waals surface area contributed by atoms with E-state index >= 15 is 8.78 Å². The molecule has 75 heavy (non-hydrogen) atoms. The lowest BCUT2D eigenvalue weighted by atomic mass is 10.2. The van der Waals surface area contributed by atoms with Crippen LogP contribution in [-0.2, 0) is 13.1 Å². The number of ether oxygens (including phenoxy) is 2. The van der Waals surface area contributed by atoms with Crippen molar-refractivity contribution in [3.63, 3.8) is 0 Å². The normalized spacial score (nSPS) is 14.3. The summed E-state index contributed by atoms with van der Waals surface area (Å²) in [5.41, 5.74) is 5.31. The van der Waals surface area contributed by atoms with Gasteiger partial charge in [-0.25, -0.2) is 38.7 Å². The summed E-state index contributed by atoms with van der Waals surface area (Å²) in [6.07, 6.45) is 6.15. The molecule has 0 radical (unpaired) electrons. The van der Waals surface area contributed by atoms with Gasteiger partial charge in [0, 0.05) is 139 Å². The first-order chi connectivity index (χ1) is 36.2. The molecule has 390 valence electrons. The maximum atomic E-state index is 15.2. The van der Waals surface area contributed by atoms with Crippen LogP contribution >= 0.6 is 0 Å². The minimum atomic E-state index is -0.542. The number of benzene rings is 2. The summed E-state index contributed by atoms with van der Waals surface area (Å²) in [5.74, 6) is -0.619. The molecule has 10 rings (SSSR count). The van der Waals surface area contributed by atoms with Crippen molar-refractivity contribution in [1.29, 1.82) is 0 Å². The molecule has 22 heteroatoms. The number of halogens is 2. The van der Waals surface area contributed by atoms with Crippen molar-refractivity contribution in [3.05, 3.63) is 131 Å². The molecule has 0 saturated carbocycles. The van der Waals surface area contributed by atoms with Gasteiger partial charge in [0.2, 0.25) is 11.8 Å². The largest absolute Gasteiger partial charge is 0.435 e. The minimum Gasteiger partial charge on any atom is -0.435 e. The Labute approximate surface area is 432 Å². The third-order valence-corrected chi connectivity index (χ3v) is 12.7. The van der Waals surface area contributed by atoms with Crippen LogP contribution in [0.4, 0.5) is 32.1 Å². The zero-order valence-corrected chi connectivity index (χ0v) is 43.0. The lowest BCUT2D eigenvalue weighted by Gasteiger charge is -2.32. The van der Waals surface area contributed by atoms with E-state index in [0.29, 0.717) is 33.4 Å². The molecule has 0 spiro atoms. The van der Waals surface area contributed by atoms with Gasteiger partial charge >= 0.3 is 0 Å². The first kappa shape index (κ1) is 51.7. The van der Waals surface area contributed by atoms with Crippen LogP contribution in [0.1, 0.15) is 43.2 Å². The van der Waals surface area contributed by atoms with Gasteiger partial charge in [-0.15, -0.1) is 0 Å². The van der Waals surface area contributed by atoms with Gasteiger partial charge in [-0.3, -0.25) is 19.4 Å². The monoisotopic (exact) mass is 1020 g/mol. The number of aromatic nitrogens is 8. The fraction of sp³-hybridized carbons (Fsp3) is 0.321. The molecular formula is C53H60F2N16O4. The second-order valence-corrected chi connectivity index (χ2v) is 18.9. The third-order valence-electron chi connectivity index (χ3n) is 12.7. The Morgan fingerprint density at radius 3 is 1.45 bits per heavy atom. The van der Waals surface area contributed by atoms with Gasteiger partial charge in [0.1, 0.15) is 35.4 Å². The number of carbonyl (C=O) groups excluding carboxylic acids is 2. The number of H-pyrrole nitrogens is 2. The Bertz CT molecular complexity index is 3300. The minimum absolute atomic E-state index is 0.0414. The number of rotatable bonds is 14. The predicted octanol–water partition coefficient (Wildman–Crippen LogP) is 7.23. The Hall–Kier alpha value is -8.18. The SMILES string of the molecule is Cc1cc2c(F)c(Oc3ncnc(Nc4ccc(CN5CCN(C)CC5)cn4)c3C(=O)N(C)C)ccc2[nH]1.Cc1cc2c(F)c(Oc3ncnc(Nc4ccc(CN5CCNCC5)cn4)c3C(=O)N(C)C)ccc2[nH]1. The standard InChI is InChI=1S/C27H31FN8O2.C26H29FN8O2/c1-17-13-19-20(32-17)6-7-21(24(19)28)38-26-23(27(37)34(2)3)25(30-16-31-26)33-22-8-5-18(14-29-22)15-36-11-9-35(4)10-12-36;1-16-12-18-19(32-16)5-6-20(23(18)27)37-25-22(26(36)34(2)3)24(30-15-31-25)33-21-7-4-17(13-29-21)14-35-10-8-28-9-11-35/h5-8,13-14,16,32H,9-12,15H2,1-4H3,(H,29,30,31,33);4-7,12-13,15,28,32H,8-11,14H2,1-3H3,(H,29,30,31,33). The Morgan fingerprint density at radius 2 is 1.04 bits per heavy atom. The second kappa shape index (κ2) is 22.9.